The van der Waals surface area contributed by atoms with Gasteiger partial charge in [-0.2, -0.15) is 0 Å². The zero-order valence-electron chi connectivity index (χ0n) is 16.0. The van der Waals surface area contributed by atoms with Crippen LogP contribution in [0, 0.1) is 19.7 Å². The highest BCUT2D eigenvalue weighted by Gasteiger charge is 2.26. The maximum absolute atomic E-state index is 13.9. The van der Waals surface area contributed by atoms with Gasteiger partial charge in [0, 0.05) is 24.7 Å². The molecular formula is C21H23FN2O2S. The Morgan fingerprint density at radius 1 is 1.00 bits per heavy atom. The molecule has 0 spiro atoms. The number of sulfone groups is 1. The van der Waals surface area contributed by atoms with E-state index < -0.39 is 15.7 Å². The Morgan fingerprint density at radius 3 is 2.33 bits per heavy atom. The summed E-state index contributed by atoms with van der Waals surface area (Å²) in [5, 5.41) is 0.503. The molecule has 0 saturated carbocycles. The third-order valence-corrected chi connectivity index (χ3v) is 6.68. The van der Waals surface area contributed by atoms with Crippen LogP contribution in [0.5, 0.6) is 0 Å². The second-order valence-electron chi connectivity index (χ2n) is 6.55. The first-order valence-corrected chi connectivity index (χ1v) is 10.4. The Kier molecular flexibility index (Phi) is 5.20. The minimum atomic E-state index is -3.81. The summed E-state index contributed by atoms with van der Waals surface area (Å²) in [6.07, 6.45) is 1.39. The second kappa shape index (κ2) is 7.27. The van der Waals surface area contributed by atoms with Crippen LogP contribution in [0.1, 0.15) is 25.0 Å². The fourth-order valence-electron chi connectivity index (χ4n) is 3.20. The van der Waals surface area contributed by atoms with Crippen molar-refractivity contribution in [3.8, 4) is 0 Å². The number of aryl methyl sites for hydroxylation is 2. The van der Waals surface area contributed by atoms with Crippen LogP contribution in [0.4, 0.5) is 10.1 Å². The topological polar surface area (TPSA) is 50.3 Å². The molecule has 0 aliphatic carbocycles. The van der Waals surface area contributed by atoms with Gasteiger partial charge in [0.25, 0.3) is 0 Å². The highest BCUT2D eigenvalue weighted by Crippen LogP contribution is 2.36. The van der Waals surface area contributed by atoms with Crippen LogP contribution in [0.15, 0.2) is 52.4 Å². The molecule has 2 aromatic carbocycles. The van der Waals surface area contributed by atoms with Gasteiger partial charge in [0.05, 0.1) is 16.1 Å². The van der Waals surface area contributed by atoms with Gasteiger partial charge in [-0.05, 0) is 69.2 Å². The van der Waals surface area contributed by atoms with Gasteiger partial charge >= 0.3 is 0 Å². The van der Waals surface area contributed by atoms with E-state index in [-0.39, 0.29) is 9.79 Å². The van der Waals surface area contributed by atoms with E-state index in [1.54, 1.807) is 24.3 Å². The monoisotopic (exact) mass is 386 g/mol. The van der Waals surface area contributed by atoms with E-state index in [0.717, 1.165) is 11.1 Å². The molecule has 0 aliphatic rings. The fraction of sp³-hybridized carbons (Fsp3) is 0.286. The highest BCUT2D eigenvalue weighted by molar-refractivity contribution is 7.91. The lowest BCUT2D eigenvalue weighted by Gasteiger charge is -2.25. The van der Waals surface area contributed by atoms with Crippen molar-refractivity contribution in [3.63, 3.8) is 0 Å². The second-order valence-corrected chi connectivity index (χ2v) is 8.47. The lowest BCUT2D eigenvalue weighted by molar-refractivity contribution is 0.595. The maximum atomic E-state index is 13.9. The maximum Gasteiger partial charge on any atom is 0.210 e. The van der Waals surface area contributed by atoms with E-state index in [4.69, 9.17) is 0 Å². The first kappa shape index (κ1) is 19.3. The normalized spacial score (nSPS) is 11.7. The summed E-state index contributed by atoms with van der Waals surface area (Å²) in [7, 11) is -3.81. The van der Waals surface area contributed by atoms with Gasteiger partial charge in [-0.3, -0.25) is 4.98 Å². The van der Waals surface area contributed by atoms with Gasteiger partial charge in [-0.25, -0.2) is 12.8 Å². The molecular weight excluding hydrogens is 363 g/mol. The summed E-state index contributed by atoms with van der Waals surface area (Å²) in [4.78, 5) is 6.54. The average Bonchev–Trinajstić information content (AvgIpc) is 2.64. The number of benzene rings is 2. The molecule has 1 heterocycles. The summed E-state index contributed by atoms with van der Waals surface area (Å²) in [6.45, 7) is 8.91. The molecule has 0 fully saturated rings. The predicted octanol–water partition coefficient (Wildman–Crippen LogP) is 4.67. The number of halogens is 1. The van der Waals surface area contributed by atoms with E-state index in [2.05, 4.69) is 4.98 Å². The van der Waals surface area contributed by atoms with Gasteiger partial charge in [0.2, 0.25) is 9.84 Å². The van der Waals surface area contributed by atoms with Crippen LogP contribution in [0.3, 0.4) is 0 Å². The Bertz CT molecular complexity index is 1110. The number of anilines is 1. The molecule has 0 atom stereocenters. The quantitative estimate of drug-likeness (QED) is 0.639. The van der Waals surface area contributed by atoms with Crippen LogP contribution in [0.2, 0.25) is 0 Å². The number of hydrogen-bond acceptors (Lipinski definition) is 4. The van der Waals surface area contributed by atoms with Crippen LogP contribution in [0.25, 0.3) is 10.9 Å². The molecule has 0 aliphatic heterocycles. The summed E-state index contributed by atoms with van der Waals surface area (Å²) in [5.41, 5.74) is 3.00. The number of aromatic nitrogens is 1. The van der Waals surface area contributed by atoms with Gasteiger partial charge in [-0.15, -0.1) is 0 Å². The predicted molar refractivity (Wildman–Crippen MR) is 107 cm³/mol. The molecule has 0 saturated heterocycles. The molecule has 0 unspecified atom stereocenters. The van der Waals surface area contributed by atoms with E-state index in [0.29, 0.717) is 29.7 Å². The number of pyridine rings is 1. The number of hydrogen-bond donors (Lipinski definition) is 0. The Labute approximate surface area is 159 Å². The molecule has 0 amide bonds. The number of rotatable bonds is 5. The van der Waals surface area contributed by atoms with E-state index in [9.17, 15) is 12.8 Å². The lowest BCUT2D eigenvalue weighted by Crippen LogP contribution is -2.24. The van der Waals surface area contributed by atoms with Crippen LogP contribution < -0.4 is 4.90 Å². The molecule has 1 aromatic heterocycles. The standard InChI is InChI=1S/C21H23FN2O2S/c1-5-24(6-2)21-18-12-16(22)8-10-19(18)23-13-20(21)27(25,26)17-9-7-14(3)15(4)11-17/h7-13H,5-6H2,1-4H3. The molecule has 3 aromatic rings. The third-order valence-electron chi connectivity index (χ3n) is 4.93. The Balaban J connectivity index is 2.35. The summed E-state index contributed by atoms with van der Waals surface area (Å²) in [5.74, 6) is -0.418. The average molecular weight is 386 g/mol. The van der Waals surface area contributed by atoms with Crippen molar-refractivity contribution in [2.45, 2.75) is 37.5 Å². The third kappa shape index (κ3) is 3.41. The molecule has 0 radical (unpaired) electrons. The largest absolute Gasteiger partial charge is 0.370 e. The van der Waals surface area contributed by atoms with E-state index in [1.165, 1.54) is 18.3 Å². The fourth-order valence-corrected chi connectivity index (χ4v) is 4.72. The molecule has 27 heavy (non-hydrogen) atoms. The van der Waals surface area contributed by atoms with Crippen molar-refractivity contribution in [1.82, 2.24) is 4.98 Å². The van der Waals surface area contributed by atoms with Crippen LogP contribution >= 0.6 is 0 Å². The van der Waals surface area contributed by atoms with E-state index in [1.807, 2.05) is 32.6 Å². The van der Waals surface area contributed by atoms with Crippen molar-refractivity contribution in [2.75, 3.05) is 18.0 Å². The zero-order chi connectivity index (χ0) is 19.8. The van der Waals surface area contributed by atoms with Crippen molar-refractivity contribution < 1.29 is 12.8 Å². The van der Waals surface area contributed by atoms with Gasteiger partial charge < -0.3 is 4.90 Å². The minimum absolute atomic E-state index is 0.104. The number of nitrogens with zero attached hydrogens (tertiary/aromatic N) is 2. The molecule has 0 N–H and O–H groups in total. The van der Waals surface area contributed by atoms with Crippen molar-refractivity contribution in [3.05, 3.63) is 59.5 Å². The van der Waals surface area contributed by atoms with Crippen molar-refractivity contribution in [1.29, 1.82) is 0 Å². The highest BCUT2D eigenvalue weighted by atomic mass is 32.2. The minimum Gasteiger partial charge on any atom is -0.370 e. The summed E-state index contributed by atoms with van der Waals surface area (Å²) < 4.78 is 40.8. The zero-order valence-corrected chi connectivity index (χ0v) is 16.8. The molecule has 142 valence electrons. The first-order valence-electron chi connectivity index (χ1n) is 8.95. The van der Waals surface area contributed by atoms with Gasteiger partial charge in [-0.1, -0.05) is 6.07 Å². The van der Waals surface area contributed by atoms with Crippen molar-refractivity contribution >= 4 is 26.4 Å². The summed E-state index contributed by atoms with van der Waals surface area (Å²) >= 11 is 0. The van der Waals surface area contributed by atoms with E-state index >= 15 is 0 Å². The lowest BCUT2D eigenvalue weighted by atomic mass is 10.1. The van der Waals surface area contributed by atoms with Crippen molar-refractivity contribution in [2.24, 2.45) is 0 Å². The van der Waals surface area contributed by atoms with Gasteiger partial charge in [0.1, 0.15) is 10.7 Å². The smallest absolute Gasteiger partial charge is 0.210 e. The van der Waals surface area contributed by atoms with Crippen LogP contribution in [-0.2, 0) is 9.84 Å². The molecule has 4 nitrogen and oxygen atoms in total. The number of fused-ring (bicyclic) bond motifs is 1. The van der Waals surface area contributed by atoms with Gasteiger partial charge in [0.15, 0.2) is 0 Å². The Morgan fingerprint density at radius 2 is 1.70 bits per heavy atom. The van der Waals surface area contributed by atoms with Crippen LogP contribution in [-0.4, -0.2) is 26.5 Å². The molecule has 6 heteroatoms. The first-order chi connectivity index (χ1) is 12.8. The summed E-state index contributed by atoms with van der Waals surface area (Å²) in [6, 6.07) is 9.34. The molecule has 3 rings (SSSR count). The SMILES string of the molecule is CCN(CC)c1c(S(=O)(=O)c2ccc(C)c(C)c2)cnc2ccc(F)cc12. The molecule has 0 bridgehead atoms. The Hall–Kier alpha value is -2.47.